The average molecular weight is 238 g/mol. The zero-order chi connectivity index (χ0) is 11.4. The van der Waals surface area contributed by atoms with E-state index in [2.05, 4.69) is 5.32 Å². The second kappa shape index (κ2) is 5.35. The molecule has 0 saturated heterocycles. The van der Waals surface area contributed by atoms with E-state index in [4.69, 9.17) is 11.6 Å². The molecule has 0 heterocycles. The van der Waals surface area contributed by atoms with Gasteiger partial charge in [0.2, 0.25) is 5.91 Å². The van der Waals surface area contributed by atoms with E-state index in [1.807, 2.05) is 24.3 Å². The van der Waals surface area contributed by atoms with Gasteiger partial charge in [-0.25, -0.2) is 0 Å². The van der Waals surface area contributed by atoms with Crippen molar-refractivity contribution in [2.45, 2.75) is 32.2 Å². The Balaban J connectivity index is 1.87. The number of carbonyl (C=O) groups is 1. The van der Waals surface area contributed by atoms with Crippen LogP contribution >= 0.6 is 11.6 Å². The van der Waals surface area contributed by atoms with Crippen molar-refractivity contribution >= 4 is 17.5 Å². The van der Waals surface area contributed by atoms with Crippen LogP contribution in [-0.2, 0) is 11.3 Å². The maximum absolute atomic E-state index is 11.8. The molecule has 1 amide bonds. The predicted octanol–water partition coefficient (Wildman–Crippen LogP) is 3.15. The maximum atomic E-state index is 11.8. The first-order valence-electron chi connectivity index (χ1n) is 5.78. The van der Waals surface area contributed by atoms with Crippen molar-refractivity contribution < 1.29 is 4.79 Å². The van der Waals surface area contributed by atoms with E-state index in [9.17, 15) is 4.79 Å². The van der Waals surface area contributed by atoms with Crippen LogP contribution in [0.25, 0.3) is 0 Å². The zero-order valence-corrected chi connectivity index (χ0v) is 9.96. The van der Waals surface area contributed by atoms with E-state index in [1.54, 1.807) is 0 Å². The van der Waals surface area contributed by atoms with Gasteiger partial charge in [0.05, 0.1) is 0 Å². The smallest absolute Gasteiger partial charge is 0.223 e. The molecule has 0 bridgehead atoms. The fraction of sp³-hybridized carbons (Fsp3) is 0.462. The number of benzene rings is 1. The molecule has 0 radical (unpaired) electrons. The third kappa shape index (κ3) is 2.76. The van der Waals surface area contributed by atoms with Crippen LogP contribution in [0, 0.1) is 5.92 Å². The first-order chi connectivity index (χ1) is 7.77. The standard InChI is InChI=1S/C13H16ClNO/c14-12-8-4-3-7-11(12)9-15-13(16)10-5-1-2-6-10/h3-4,7-8,10H,1-2,5-6,9H2,(H,15,16). The van der Waals surface area contributed by atoms with Crippen molar-refractivity contribution in [1.29, 1.82) is 0 Å². The third-order valence-electron chi connectivity index (χ3n) is 3.14. The minimum absolute atomic E-state index is 0.178. The van der Waals surface area contributed by atoms with Crippen molar-refractivity contribution in [3.63, 3.8) is 0 Å². The van der Waals surface area contributed by atoms with E-state index in [0.717, 1.165) is 18.4 Å². The van der Waals surface area contributed by atoms with Crippen LogP contribution in [0.15, 0.2) is 24.3 Å². The summed E-state index contributed by atoms with van der Waals surface area (Å²) in [5, 5.41) is 3.68. The lowest BCUT2D eigenvalue weighted by Crippen LogP contribution is -2.28. The quantitative estimate of drug-likeness (QED) is 0.860. The van der Waals surface area contributed by atoms with Crippen molar-refractivity contribution in [3.8, 4) is 0 Å². The second-order valence-corrected chi connectivity index (χ2v) is 4.70. The fourth-order valence-electron chi connectivity index (χ4n) is 2.16. The largest absolute Gasteiger partial charge is 0.352 e. The molecule has 1 N–H and O–H groups in total. The summed E-state index contributed by atoms with van der Waals surface area (Å²) in [5.74, 6) is 0.403. The van der Waals surface area contributed by atoms with Crippen LogP contribution < -0.4 is 5.32 Å². The van der Waals surface area contributed by atoms with Crippen LogP contribution in [0.2, 0.25) is 5.02 Å². The van der Waals surface area contributed by atoms with Crippen molar-refractivity contribution in [2.75, 3.05) is 0 Å². The maximum Gasteiger partial charge on any atom is 0.223 e. The summed E-state index contributed by atoms with van der Waals surface area (Å²) in [5.41, 5.74) is 0.982. The number of rotatable bonds is 3. The SMILES string of the molecule is O=C(NCc1ccccc1Cl)C1CCCC1. The Morgan fingerprint density at radius 2 is 2.00 bits per heavy atom. The van der Waals surface area contributed by atoms with Gasteiger partial charge in [-0.1, -0.05) is 42.6 Å². The van der Waals surface area contributed by atoms with E-state index in [0.29, 0.717) is 11.6 Å². The van der Waals surface area contributed by atoms with Crippen LogP contribution in [-0.4, -0.2) is 5.91 Å². The van der Waals surface area contributed by atoms with Crippen LogP contribution in [0.1, 0.15) is 31.2 Å². The second-order valence-electron chi connectivity index (χ2n) is 4.29. The minimum atomic E-state index is 0.178. The zero-order valence-electron chi connectivity index (χ0n) is 9.21. The number of hydrogen-bond acceptors (Lipinski definition) is 1. The molecule has 0 unspecified atom stereocenters. The number of halogens is 1. The molecule has 16 heavy (non-hydrogen) atoms. The topological polar surface area (TPSA) is 29.1 Å². The molecule has 1 saturated carbocycles. The number of nitrogens with one attached hydrogen (secondary N) is 1. The average Bonchev–Trinajstić information content (AvgIpc) is 2.81. The molecule has 1 aromatic carbocycles. The Hall–Kier alpha value is -1.02. The first-order valence-corrected chi connectivity index (χ1v) is 6.16. The summed E-state index contributed by atoms with van der Waals surface area (Å²) < 4.78 is 0. The highest BCUT2D eigenvalue weighted by Crippen LogP contribution is 2.24. The summed E-state index contributed by atoms with van der Waals surface area (Å²) in [6.45, 7) is 0.537. The van der Waals surface area contributed by atoms with Crippen molar-refractivity contribution in [1.82, 2.24) is 5.32 Å². The Morgan fingerprint density at radius 3 is 2.69 bits per heavy atom. The van der Waals surface area contributed by atoms with Crippen LogP contribution in [0.3, 0.4) is 0 Å². The lowest BCUT2D eigenvalue weighted by Gasteiger charge is -2.10. The van der Waals surface area contributed by atoms with Crippen LogP contribution in [0.5, 0.6) is 0 Å². The molecule has 0 aromatic heterocycles. The van der Waals surface area contributed by atoms with Gasteiger partial charge in [-0.3, -0.25) is 4.79 Å². The van der Waals surface area contributed by atoms with Crippen molar-refractivity contribution in [3.05, 3.63) is 34.9 Å². The molecule has 2 rings (SSSR count). The lowest BCUT2D eigenvalue weighted by atomic mass is 10.1. The molecule has 2 nitrogen and oxygen atoms in total. The first kappa shape index (κ1) is 11.5. The van der Waals surface area contributed by atoms with E-state index < -0.39 is 0 Å². The normalized spacial score (nSPS) is 16.3. The molecule has 1 fully saturated rings. The van der Waals surface area contributed by atoms with Crippen LogP contribution in [0.4, 0.5) is 0 Å². The van der Waals surface area contributed by atoms with Gasteiger partial charge in [-0.2, -0.15) is 0 Å². The van der Waals surface area contributed by atoms with Gasteiger partial charge in [0, 0.05) is 17.5 Å². The van der Waals surface area contributed by atoms with E-state index >= 15 is 0 Å². The number of carbonyl (C=O) groups excluding carboxylic acids is 1. The Kier molecular flexibility index (Phi) is 3.83. The van der Waals surface area contributed by atoms with E-state index in [1.165, 1.54) is 12.8 Å². The van der Waals surface area contributed by atoms with Gasteiger partial charge < -0.3 is 5.32 Å². The number of amides is 1. The lowest BCUT2D eigenvalue weighted by molar-refractivity contribution is -0.124. The molecule has 0 atom stereocenters. The monoisotopic (exact) mass is 237 g/mol. The number of hydrogen-bond donors (Lipinski definition) is 1. The van der Waals surface area contributed by atoms with Gasteiger partial charge in [0.15, 0.2) is 0 Å². The Bertz CT molecular complexity index is 372. The van der Waals surface area contributed by atoms with Crippen molar-refractivity contribution in [2.24, 2.45) is 5.92 Å². The highest BCUT2D eigenvalue weighted by atomic mass is 35.5. The summed E-state index contributed by atoms with van der Waals surface area (Å²) in [4.78, 5) is 11.8. The van der Waals surface area contributed by atoms with Gasteiger partial charge in [0.1, 0.15) is 0 Å². The summed E-state index contributed by atoms with van der Waals surface area (Å²) in [6, 6.07) is 7.61. The predicted molar refractivity (Wildman–Crippen MR) is 65.3 cm³/mol. The Morgan fingerprint density at radius 1 is 1.31 bits per heavy atom. The molecule has 0 spiro atoms. The third-order valence-corrected chi connectivity index (χ3v) is 3.51. The minimum Gasteiger partial charge on any atom is -0.352 e. The molecule has 1 aliphatic rings. The molecule has 1 aromatic rings. The van der Waals surface area contributed by atoms with Gasteiger partial charge in [-0.05, 0) is 24.5 Å². The summed E-state index contributed by atoms with van der Waals surface area (Å²) in [7, 11) is 0. The molecular weight excluding hydrogens is 222 g/mol. The van der Waals surface area contributed by atoms with Gasteiger partial charge in [0.25, 0.3) is 0 Å². The molecule has 1 aliphatic carbocycles. The Labute approximate surface area is 101 Å². The fourth-order valence-corrected chi connectivity index (χ4v) is 2.36. The van der Waals surface area contributed by atoms with Gasteiger partial charge >= 0.3 is 0 Å². The highest BCUT2D eigenvalue weighted by Gasteiger charge is 2.22. The molecule has 0 aliphatic heterocycles. The van der Waals surface area contributed by atoms with E-state index in [-0.39, 0.29) is 11.8 Å². The molecular formula is C13H16ClNO. The van der Waals surface area contributed by atoms with Gasteiger partial charge in [-0.15, -0.1) is 0 Å². The molecule has 86 valence electrons. The summed E-state index contributed by atoms with van der Waals surface area (Å²) >= 11 is 6.02. The summed E-state index contributed by atoms with van der Waals surface area (Å²) in [6.07, 6.45) is 4.44. The highest BCUT2D eigenvalue weighted by molar-refractivity contribution is 6.31. The molecule has 3 heteroatoms.